The first-order valence-electron chi connectivity index (χ1n) is 7.88. The van der Waals surface area contributed by atoms with Crippen LogP contribution < -0.4 is 10.6 Å². The van der Waals surface area contributed by atoms with Crippen molar-refractivity contribution in [2.45, 2.75) is 72.8 Å². The van der Waals surface area contributed by atoms with Crippen molar-refractivity contribution in [1.29, 1.82) is 0 Å². The number of carboxylic acid groups (broad SMARTS) is 1. The second kappa shape index (κ2) is 8.25. The van der Waals surface area contributed by atoms with Crippen LogP contribution in [0.1, 0.15) is 67.2 Å². The Morgan fingerprint density at radius 3 is 1.86 bits per heavy atom. The number of carboxylic acids is 1. The van der Waals surface area contributed by atoms with E-state index < -0.39 is 11.9 Å². The Bertz CT molecular complexity index is 336. The molecule has 2 amide bonds. The van der Waals surface area contributed by atoms with Crippen LogP contribution in [0.15, 0.2) is 0 Å². The van der Waals surface area contributed by atoms with Crippen molar-refractivity contribution in [2.75, 3.05) is 6.54 Å². The fraction of sp³-hybridized carbons (Fsp3) is 0.875. The minimum atomic E-state index is -0.863. The Morgan fingerprint density at radius 1 is 1.05 bits per heavy atom. The average Bonchev–Trinajstić information content (AvgIpc) is 2.39. The molecule has 0 aliphatic rings. The molecule has 0 aromatic heterocycles. The van der Waals surface area contributed by atoms with Gasteiger partial charge < -0.3 is 15.7 Å². The average molecular weight is 300 g/mol. The molecule has 5 heteroatoms. The zero-order valence-corrected chi connectivity index (χ0v) is 14.4. The highest BCUT2D eigenvalue weighted by Crippen LogP contribution is 2.24. The maximum atomic E-state index is 12.0. The Hall–Kier alpha value is -1.26. The van der Waals surface area contributed by atoms with Crippen molar-refractivity contribution >= 4 is 12.0 Å². The zero-order valence-electron chi connectivity index (χ0n) is 14.4. The lowest BCUT2D eigenvalue weighted by atomic mass is 9.84. The number of carbonyl (C=O) groups excluding carboxylic acids is 1. The van der Waals surface area contributed by atoms with E-state index in [1.807, 2.05) is 41.5 Å². The van der Waals surface area contributed by atoms with E-state index in [1.54, 1.807) is 0 Å². The van der Waals surface area contributed by atoms with Gasteiger partial charge in [0.2, 0.25) is 0 Å². The van der Waals surface area contributed by atoms with Crippen LogP contribution in [0.3, 0.4) is 0 Å². The first kappa shape index (κ1) is 19.7. The van der Waals surface area contributed by atoms with Gasteiger partial charge in [-0.05, 0) is 31.1 Å². The summed E-state index contributed by atoms with van der Waals surface area (Å²) in [6, 6.07) is -0.277. The van der Waals surface area contributed by atoms with Crippen molar-refractivity contribution < 1.29 is 14.7 Å². The van der Waals surface area contributed by atoms with Gasteiger partial charge in [0.25, 0.3) is 0 Å². The molecule has 124 valence electrons. The summed E-state index contributed by atoms with van der Waals surface area (Å²) in [7, 11) is 0. The van der Waals surface area contributed by atoms with Crippen molar-refractivity contribution in [3.8, 4) is 0 Å². The number of rotatable bonds is 8. The Labute approximate surface area is 128 Å². The van der Waals surface area contributed by atoms with Crippen LogP contribution in [-0.2, 0) is 4.79 Å². The predicted molar refractivity (Wildman–Crippen MR) is 85.3 cm³/mol. The number of hydrogen-bond donors (Lipinski definition) is 3. The Morgan fingerprint density at radius 2 is 1.52 bits per heavy atom. The number of carbonyl (C=O) groups is 2. The molecule has 0 spiro atoms. The van der Waals surface area contributed by atoms with Crippen LogP contribution in [0.25, 0.3) is 0 Å². The largest absolute Gasteiger partial charge is 0.481 e. The minimum absolute atomic E-state index is 0.0821. The monoisotopic (exact) mass is 300 g/mol. The van der Waals surface area contributed by atoms with Crippen LogP contribution >= 0.6 is 0 Å². The minimum Gasteiger partial charge on any atom is -0.481 e. The summed E-state index contributed by atoms with van der Waals surface area (Å²) >= 11 is 0. The lowest BCUT2D eigenvalue weighted by Crippen LogP contribution is -2.52. The second-order valence-corrected chi connectivity index (χ2v) is 6.98. The molecular weight excluding hydrogens is 268 g/mol. The normalized spacial score (nSPS) is 13.6. The van der Waals surface area contributed by atoms with Crippen LogP contribution in [-0.4, -0.2) is 29.2 Å². The lowest BCUT2D eigenvalue weighted by molar-refractivity contribution is -0.142. The summed E-state index contributed by atoms with van der Waals surface area (Å²) in [6.07, 6.45) is 3.11. The highest BCUT2D eigenvalue weighted by atomic mass is 16.4. The van der Waals surface area contributed by atoms with Crippen molar-refractivity contribution in [3.63, 3.8) is 0 Å². The quantitative estimate of drug-likeness (QED) is 0.643. The van der Waals surface area contributed by atoms with Crippen molar-refractivity contribution in [1.82, 2.24) is 10.6 Å². The van der Waals surface area contributed by atoms with E-state index in [0.717, 1.165) is 19.3 Å². The summed E-state index contributed by atoms with van der Waals surface area (Å²) < 4.78 is 0. The van der Waals surface area contributed by atoms with Gasteiger partial charge in [-0.3, -0.25) is 4.79 Å². The molecule has 0 aliphatic heterocycles. The Kier molecular flexibility index (Phi) is 7.75. The number of amides is 2. The molecule has 0 heterocycles. The second-order valence-electron chi connectivity index (χ2n) is 6.98. The highest BCUT2D eigenvalue weighted by molar-refractivity contribution is 5.76. The SMILES string of the molecule is CCC(CC)(CC)NC(=O)NCC(CC(C)(C)C)C(=O)O. The van der Waals surface area contributed by atoms with Crippen LogP contribution in [0.5, 0.6) is 0 Å². The molecule has 1 atom stereocenters. The van der Waals surface area contributed by atoms with Crippen molar-refractivity contribution in [2.24, 2.45) is 11.3 Å². The fourth-order valence-corrected chi connectivity index (χ4v) is 2.50. The van der Waals surface area contributed by atoms with Gasteiger partial charge in [-0.2, -0.15) is 0 Å². The first-order chi connectivity index (χ1) is 9.59. The predicted octanol–water partition coefficient (Wildman–Crippen LogP) is 3.39. The van der Waals surface area contributed by atoms with Crippen LogP contribution in [0.4, 0.5) is 4.79 Å². The van der Waals surface area contributed by atoms with Gasteiger partial charge in [-0.25, -0.2) is 4.79 Å². The summed E-state index contributed by atoms with van der Waals surface area (Å²) in [4.78, 5) is 23.3. The van der Waals surface area contributed by atoms with Crippen LogP contribution in [0.2, 0.25) is 0 Å². The lowest BCUT2D eigenvalue weighted by Gasteiger charge is -2.32. The molecule has 0 saturated carbocycles. The third-order valence-corrected chi connectivity index (χ3v) is 4.13. The summed E-state index contributed by atoms with van der Waals surface area (Å²) in [6.45, 7) is 12.3. The van der Waals surface area contributed by atoms with Gasteiger partial charge in [0.05, 0.1) is 5.92 Å². The Balaban J connectivity index is 4.54. The molecule has 0 rings (SSSR count). The molecule has 0 fully saturated rings. The zero-order chi connectivity index (χ0) is 16.7. The van der Waals surface area contributed by atoms with Gasteiger partial charge in [-0.15, -0.1) is 0 Å². The molecule has 0 aliphatic carbocycles. The first-order valence-corrected chi connectivity index (χ1v) is 7.88. The van der Waals surface area contributed by atoms with Crippen LogP contribution in [0, 0.1) is 11.3 Å². The molecule has 0 aromatic carbocycles. The number of nitrogens with one attached hydrogen (secondary N) is 2. The van der Waals surface area contributed by atoms with E-state index in [9.17, 15) is 14.7 Å². The molecular formula is C16H32N2O3. The van der Waals surface area contributed by atoms with Gasteiger partial charge in [0.1, 0.15) is 0 Å². The third-order valence-electron chi connectivity index (χ3n) is 4.13. The van der Waals surface area contributed by atoms with E-state index in [4.69, 9.17) is 0 Å². The van der Waals surface area contributed by atoms with E-state index in [-0.39, 0.29) is 23.5 Å². The van der Waals surface area contributed by atoms with Gasteiger partial charge in [0, 0.05) is 12.1 Å². The molecule has 1 unspecified atom stereocenters. The molecule has 0 bridgehead atoms. The molecule has 21 heavy (non-hydrogen) atoms. The topological polar surface area (TPSA) is 78.4 Å². The van der Waals surface area contributed by atoms with E-state index in [0.29, 0.717) is 6.42 Å². The highest BCUT2D eigenvalue weighted by Gasteiger charge is 2.28. The fourth-order valence-electron chi connectivity index (χ4n) is 2.50. The maximum Gasteiger partial charge on any atom is 0.315 e. The molecule has 5 nitrogen and oxygen atoms in total. The summed E-state index contributed by atoms with van der Waals surface area (Å²) in [5.41, 5.74) is -0.284. The summed E-state index contributed by atoms with van der Waals surface area (Å²) in [5.74, 6) is -1.42. The molecule has 0 radical (unpaired) electrons. The van der Waals surface area contributed by atoms with Gasteiger partial charge in [0.15, 0.2) is 0 Å². The van der Waals surface area contributed by atoms with Gasteiger partial charge >= 0.3 is 12.0 Å². The van der Waals surface area contributed by atoms with E-state index in [1.165, 1.54) is 0 Å². The van der Waals surface area contributed by atoms with E-state index in [2.05, 4.69) is 10.6 Å². The molecule has 3 N–H and O–H groups in total. The number of urea groups is 1. The maximum absolute atomic E-state index is 12.0. The number of aliphatic carboxylic acids is 1. The third kappa shape index (κ3) is 7.34. The van der Waals surface area contributed by atoms with E-state index >= 15 is 0 Å². The van der Waals surface area contributed by atoms with Gasteiger partial charge in [-0.1, -0.05) is 41.5 Å². The number of hydrogen-bond acceptors (Lipinski definition) is 2. The molecule has 0 aromatic rings. The molecule has 0 saturated heterocycles. The summed E-state index contributed by atoms with van der Waals surface area (Å²) in [5, 5.41) is 15.0. The smallest absolute Gasteiger partial charge is 0.315 e. The van der Waals surface area contributed by atoms with Crippen molar-refractivity contribution in [3.05, 3.63) is 0 Å². The standard InChI is InChI=1S/C16H32N2O3/c1-7-16(8-2,9-3)18-14(21)17-11-12(13(19)20)10-15(4,5)6/h12H,7-11H2,1-6H3,(H,19,20)(H2,17,18,21).